The van der Waals surface area contributed by atoms with Crippen LogP contribution in [0.1, 0.15) is 0 Å². The van der Waals surface area contributed by atoms with Gasteiger partial charge < -0.3 is 0 Å². The first-order valence-electron chi connectivity index (χ1n) is 0.647. The van der Waals surface area contributed by atoms with Crippen molar-refractivity contribution in [3.05, 3.63) is 0 Å². The second-order valence-electron chi connectivity index (χ2n) is 0.200. The van der Waals surface area contributed by atoms with E-state index in [0.717, 1.165) is 49.3 Å². The van der Waals surface area contributed by atoms with Gasteiger partial charge in [0.05, 0.1) is 0 Å². The Kier molecular flexibility index (Phi) is 5.79. The van der Waals surface area contributed by atoms with Gasteiger partial charge in [-0.05, 0) is 0 Å². The first-order valence-corrected chi connectivity index (χ1v) is 3.86. The fourth-order valence-electron chi connectivity index (χ4n) is 0. The topological polar surface area (TPSA) is 24.7 Å². The average molecular weight is 385 g/mol. The summed E-state index contributed by atoms with van der Waals surface area (Å²) >= 11 is 1.77. The van der Waals surface area contributed by atoms with Crippen molar-refractivity contribution in [2.45, 2.75) is 0 Å². The van der Waals surface area contributed by atoms with Crippen LogP contribution in [0.2, 0.25) is 0 Å². The van der Waals surface area contributed by atoms with E-state index in [-0.39, 0.29) is 0 Å². The molecule has 0 atom stereocenters. The molecule has 0 aliphatic carbocycles. The van der Waals surface area contributed by atoms with Crippen molar-refractivity contribution in [3.63, 3.8) is 0 Å². The number of hydrogen-bond donors (Lipinski definition) is 0. The van der Waals surface area contributed by atoms with E-state index in [2.05, 4.69) is 6.20 Å². The van der Waals surface area contributed by atoms with Gasteiger partial charge in [-0.15, -0.1) is 0 Å². The van der Waals surface area contributed by atoms with Gasteiger partial charge in [0.2, 0.25) is 0 Å². The maximum atomic E-state index is 3.56. The van der Waals surface area contributed by atoms with Crippen molar-refractivity contribution in [3.8, 4) is 0 Å². The fraction of sp³-hybridized carbons (Fsp3) is 0. The van der Waals surface area contributed by atoms with Crippen molar-refractivity contribution >= 4 is 0 Å². The van der Waals surface area contributed by atoms with E-state index >= 15 is 0 Å². The molecule has 2 nitrogen and oxygen atoms in total. The summed E-state index contributed by atoms with van der Waals surface area (Å²) in [5.41, 5.74) is 0. The summed E-state index contributed by atoms with van der Waals surface area (Å²) < 4.78 is 7.12. The van der Waals surface area contributed by atoms with Gasteiger partial charge in [0.15, 0.2) is 0 Å². The van der Waals surface area contributed by atoms with Crippen LogP contribution in [0.4, 0.5) is 0 Å². The van der Waals surface area contributed by atoms with Gasteiger partial charge in [-0.2, -0.15) is 0 Å². The second kappa shape index (κ2) is 4.34. The minimum atomic E-state index is 0.883. The van der Waals surface area contributed by atoms with Crippen molar-refractivity contribution in [2.75, 3.05) is 0 Å². The molecule has 0 saturated carbocycles. The number of nitrogens with zero attached hydrogens (tertiary/aromatic N) is 2. The number of rotatable bonds is 0. The quantitative estimate of drug-likeness (QED) is 0.425. The molecule has 0 spiro atoms. The third-order valence-electron chi connectivity index (χ3n) is 0.0500. The molecular weight excluding hydrogens is 385 g/mol. The molecule has 18 valence electrons. The molecule has 0 radical (unpaired) electrons. The molecule has 0 fully saturated rings. The van der Waals surface area contributed by atoms with Crippen molar-refractivity contribution in [1.29, 1.82) is 0 Å². The predicted octanol–water partition coefficient (Wildman–Crippen LogP) is 0.362. The molecule has 0 N–H and O–H groups in total. The van der Waals surface area contributed by atoms with Gasteiger partial charge in [0.25, 0.3) is 0 Å². The minimum absolute atomic E-state index is 0.883. The number of hydrogen-bond acceptors (Lipinski definition) is 2. The molecule has 4 heteroatoms. The zero-order valence-corrected chi connectivity index (χ0v) is 9.08. The zero-order valence-electron chi connectivity index (χ0n) is 1.89. The van der Waals surface area contributed by atoms with E-state index in [4.69, 9.17) is 0 Å². The summed E-state index contributed by atoms with van der Waals surface area (Å²) in [6, 6.07) is 0. The normalized spacial score (nSPS) is 8.50. The fourth-order valence-corrected chi connectivity index (χ4v) is 0. The van der Waals surface area contributed by atoms with Crippen LogP contribution in [0.15, 0.2) is 6.20 Å². The molecule has 0 aromatic carbocycles. The summed E-state index contributed by atoms with van der Waals surface area (Å²) in [5.74, 6) is 0. The molecule has 0 unspecified atom stereocenters. The third-order valence-corrected chi connectivity index (χ3v) is 3.35. The molecule has 0 heterocycles. The first-order chi connectivity index (χ1) is 1.91. The molecule has 0 aromatic heterocycles. The van der Waals surface area contributed by atoms with Gasteiger partial charge in [0, 0.05) is 0 Å². The van der Waals surface area contributed by atoms with Gasteiger partial charge >= 0.3 is 55.5 Å². The monoisotopic (exact) mass is 388 g/mol. The van der Waals surface area contributed by atoms with Crippen LogP contribution < -0.4 is 0 Å². The van der Waals surface area contributed by atoms with Crippen LogP contribution in [0.25, 0.3) is 0 Å². The van der Waals surface area contributed by atoms with E-state index in [1.807, 2.05) is 0 Å². The van der Waals surface area contributed by atoms with Crippen LogP contribution in [-0.4, -0.2) is 0 Å². The van der Waals surface area contributed by atoms with Gasteiger partial charge in [-0.1, -0.05) is 0 Å². The summed E-state index contributed by atoms with van der Waals surface area (Å²) in [6.07, 6.45) is 0. The molecule has 0 bridgehead atoms. The van der Waals surface area contributed by atoms with E-state index in [1.54, 1.807) is 0 Å². The summed E-state index contributed by atoms with van der Waals surface area (Å²) in [6.45, 7) is 0. The van der Waals surface area contributed by atoms with Gasteiger partial charge in [-0.3, -0.25) is 0 Å². The molecular formula is Hf2N2. The summed E-state index contributed by atoms with van der Waals surface area (Å²) in [7, 11) is 0. The Bertz CT molecular complexity index is 19.2. The van der Waals surface area contributed by atoms with Gasteiger partial charge in [-0.25, -0.2) is 0 Å². The molecule has 0 aliphatic heterocycles. The van der Waals surface area contributed by atoms with Crippen molar-refractivity contribution < 1.29 is 49.3 Å². The standard InChI is InChI=1S/2Hf.N2/c;;1-2/q2*+1;-2. The molecule has 0 aliphatic rings. The van der Waals surface area contributed by atoms with E-state index < -0.39 is 0 Å². The van der Waals surface area contributed by atoms with E-state index in [1.165, 1.54) is 0 Å². The Morgan fingerprint density at radius 3 is 1.25 bits per heavy atom. The first kappa shape index (κ1) is 5.34. The van der Waals surface area contributed by atoms with E-state index in [9.17, 15) is 0 Å². The molecule has 0 aromatic rings. The zero-order chi connectivity index (χ0) is 3.41. The van der Waals surface area contributed by atoms with Crippen molar-refractivity contribution in [2.24, 2.45) is 6.20 Å². The van der Waals surface area contributed by atoms with Crippen LogP contribution in [-0.2, 0) is 49.3 Å². The SMILES string of the molecule is [Hf][N]=[N][Hf]. The molecule has 0 amide bonds. The molecule has 4 heavy (non-hydrogen) atoms. The van der Waals surface area contributed by atoms with Gasteiger partial charge in [0.1, 0.15) is 0 Å². The Balaban J connectivity index is 2.55. The Morgan fingerprint density at radius 1 is 1.00 bits per heavy atom. The predicted molar refractivity (Wildman–Crippen MR) is 4.86 cm³/mol. The average Bonchev–Trinajstić information content (AvgIpc) is 1.37. The second-order valence-corrected chi connectivity index (χ2v) is 1.64. The maximum absolute atomic E-state index is 3.56. The van der Waals surface area contributed by atoms with Crippen LogP contribution in [0.3, 0.4) is 0 Å². The Morgan fingerprint density at radius 2 is 1.25 bits per heavy atom. The van der Waals surface area contributed by atoms with Crippen LogP contribution in [0.5, 0.6) is 0 Å². The molecule has 0 rings (SSSR count). The van der Waals surface area contributed by atoms with Crippen LogP contribution >= 0.6 is 0 Å². The third kappa shape index (κ3) is 3.34. The van der Waals surface area contributed by atoms with E-state index in [0.29, 0.717) is 0 Å². The van der Waals surface area contributed by atoms with Crippen molar-refractivity contribution in [1.82, 2.24) is 0 Å². The summed E-state index contributed by atoms with van der Waals surface area (Å²) in [5, 5.41) is 0. The van der Waals surface area contributed by atoms with Crippen LogP contribution in [0, 0.1) is 0 Å². The molecule has 0 saturated heterocycles. The summed E-state index contributed by atoms with van der Waals surface area (Å²) in [4.78, 5) is 0. The Labute approximate surface area is 55.0 Å². The Hall–Kier alpha value is 1.34.